The lowest BCUT2D eigenvalue weighted by atomic mass is 10.0. The van der Waals surface area contributed by atoms with Crippen molar-refractivity contribution in [2.75, 3.05) is 19.8 Å². The molecule has 7 nitrogen and oxygen atoms in total. The molecule has 2 atom stereocenters. The predicted octanol–water partition coefficient (Wildman–Crippen LogP) is 3.82. The Labute approximate surface area is 175 Å². The molecular formula is C21H26N2O5S. The molecule has 0 aliphatic carbocycles. The summed E-state index contributed by atoms with van der Waals surface area (Å²) in [6.07, 6.45) is 2.76. The topological polar surface area (TPSA) is 84.9 Å². The van der Waals surface area contributed by atoms with Gasteiger partial charge in [-0.1, -0.05) is 61.3 Å². The minimum Gasteiger partial charge on any atom is -0.445 e. The Morgan fingerprint density at radius 2 is 1.83 bits per heavy atom. The zero-order chi connectivity index (χ0) is 21.2. The Morgan fingerprint density at radius 3 is 2.45 bits per heavy atom. The maximum absolute atomic E-state index is 12.4. The molecule has 1 aliphatic heterocycles. The molecule has 29 heavy (non-hydrogen) atoms. The van der Waals surface area contributed by atoms with Crippen molar-refractivity contribution in [3.05, 3.63) is 60.7 Å². The smallest absolute Gasteiger partial charge is 0.410 e. The zero-order valence-electron chi connectivity index (χ0n) is 16.5. The maximum atomic E-state index is 12.4. The first kappa shape index (κ1) is 22.5. The number of nitrogens with one attached hydrogen (secondary N) is 1. The van der Waals surface area contributed by atoms with Crippen LogP contribution < -0.4 is 5.32 Å². The number of hydrogen-bond donors (Lipinski definition) is 1. The van der Waals surface area contributed by atoms with Crippen molar-refractivity contribution in [2.24, 2.45) is 0 Å². The van der Waals surface area contributed by atoms with E-state index in [0.717, 1.165) is 11.1 Å². The minimum absolute atomic E-state index is 0.0229. The largest absolute Gasteiger partial charge is 0.445 e. The molecule has 0 saturated carbocycles. The molecule has 0 aromatic heterocycles. The van der Waals surface area contributed by atoms with E-state index >= 15 is 0 Å². The van der Waals surface area contributed by atoms with E-state index < -0.39 is 12.2 Å². The number of hydrogen-bond acceptors (Lipinski definition) is 6. The summed E-state index contributed by atoms with van der Waals surface area (Å²) in [6, 6.07) is 7.45. The van der Waals surface area contributed by atoms with Crippen LogP contribution in [0.3, 0.4) is 0 Å². The molecule has 156 valence electrons. The molecule has 1 aromatic rings. The van der Waals surface area contributed by atoms with Gasteiger partial charge in [0, 0.05) is 25.3 Å². The number of amides is 2. The lowest BCUT2D eigenvalue weighted by Crippen LogP contribution is -2.32. The molecule has 2 amide bonds. The van der Waals surface area contributed by atoms with Gasteiger partial charge in [0.2, 0.25) is 0 Å². The maximum Gasteiger partial charge on any atom is 0.410 e. The van der Waals surface area contributed by atoms with E-state index in [1.807, 2.05) is 24.3 Å². The molecule has 1 N–H and O–H groups in total. The molecule has 0 radical (unpaired) electrons. The molecule has 1 saturated heterocycles. The van der Waals surface area contributed by atoms with Crippen LogP contribution in [-0.2, 0) is 20.8 Å². The van der Waals surface area contributed by atoms with Crippen molar-refractivity contribution in [3.63, 3.8) is 0 Å². The van der Waals surface area contributed by atoms with E-state index in [1.165, 1.54) is 30.8 Å². The van der Waals surface area contributed by atoms with Gasteiger partial charge in [-0.15, -0.1) is 0 Å². The fourth-order valence-electron chi connectivity index (χ4n) is 3.07. The Bertz CT molecular complexity index is 750. The first-order chi connectivity index (χ1) is 13.9. The highest BCUT2D eigenvalue weighted by Crippen LogP contribution is 2.38. The molecule has 1 heterocycles. The molecular weight excluding hydrogens is 392 g/mol. The van der Waals surface area contributed by atoms with E-state index in [-0.39, 0.29) is 29.6 Å². The summed E-state index contributed by atoms with van der Waals surface area (Å²) in [4.78, 5) is 37.1. The third-order valence-electron chi connectivity index (χ3n) is 4.29. The van der Waals surface area contributed by atoms with E-state index in [9.17, 15) is 14.4 Å². The number of carbonyl (C=O) groups is 3. The highest BCUT2D eigenvalue weighted by atomic mass is 32.2. The van der Waals surface area contributed by atoms with Gasteiger partial charge in [-0.3, -0.25) is 4.79 Å². The molecule has 2 rings (SSSR count). The minimum atomic E-state index is -0.509. The van der Waals surface area contributed by atoms with Crippen LogP contribution in [0, 0.1) is 0 Å². The van der Waals surface area contributed by atoms with Crippen LogP contribution in [-0.4, -0.2) is 47.2 Å². The number of ether oxygens (including phenoxy) is 2. The number of carbonyl (C=O) groups excluding carboxylic acids is 3. The number of likely N-dealkylation sites (tertiary alicyclic amines) is 1. The van der Waals surface area contributed by atoms with E-state index in [1.54, 1.807) is 4.90 Å². The Hall–Kier alpha value is -2.74. The van der Waals surface area contributed by atoms with Crippen LogP contribution in [0.1, 0.15) is 30.5 Å². The number of thioether (sulfide) groups is 1. The van der Waals surface area contributed by atoms with Gasteiger partial charge in [0.1, 0.15) is 13.2 Å². The standard InChI is InChI=1S/C21H26N2O5S/c1-4-10-27-20(25)22-13-16-6-8-17(9-7-16)19-12-18(29-15(3)24)14-23(19)21(26)28-11-5-2/h4-9,18-19H,1-2,10-14H2,3H3,(H,22,25)/t18-,19+/m0/s1. The molecule has 0 spiro atoms. The van der Waals surface area contributed by atoms with Gasteiger partial charge in [-0.25, -0.2) is 9.59 Å². The second-order valence-corrected chi connectivity index (χ2v) is 7.96. The fraction of sp³-hybridized carbons (Fsp3) is 0.381. The second kappa shape index (κ2) is 11.3. The normalized spacial score (nSPS) is 18.0. The predicted molar refractivity (Wildman–Crippen MR) is 112 cm³/mol. The van der Waals surface area contributed by atoms with Gasteiger partial charge in [0.15, 0.2) is 5.12 Å². The van der Waals surface area contributed by atoms with Crippen molar-refractivity contribution in [3.8, 4) is 0 Å². The highest BCUT2D eigenvalue weighted by Gasteiger charge is 2.37. The number of alkyl carbamates (subject to hydrolysis) is 1. The Balaban J connectivity index is 2.05. The van der Waals surface area contributed by atoms with Crippen molar-refractivity contribution in [2.45, 2.75) is 31.2 Å². The summed E-state index contributed by atoms with van der Waals surface area (Å²) in [5, 5.41) is 2.71. The summed E-state index contributed by atoms with van der Waals surface area (Å²) < 4.78 is 10.1. The second-order valence-electron chi connectivity index (χ2n) is 6.48. The van der Waals surface area contributed by atoms with E-state index in [2.05, 4.69) is 18.5 Å². The quantitative estimate of drug-likeness (QED) is 0.646. The van der Waals surface area contributed by atoms with Crippen LogP contribution in [0.4, 0.5) is 9.59 Å². The molecule has 8 heteroatoms. The Kier molecular flexibility index (Phi) is 8.79. The van der Waals surface area contributed by atoms with Crippen LogP contribution >= 0.6 is 11.8 Å². The number of rotatable bonds is 8. The number of benzene rings is 1. The van der Waals surface area contributed by atoms with Crippen LogP contribution in [0.2, 0.25) is 0 Å². The number of nitrogens with zero attached hydrogens (tertiary/aromatic N) is 1. The molecule has 0 bridgehead atoms. The van der Waals surface area contributed by atoms with Crippen molar-refractivity contribution in [1.29, 1.82) is 0 Å². The Morgan fingerprint density at radius 1 is 1.17 bits per heavy atom. The lowest BCUT2D eigenvalue weighted by molar-refractivity contribution is -0.109. The van der Waals surface area contributed by atoms with Crippen LogP contribution in [0.5, 0.6) is 0 Å². The van der Waals surface area contributed by atoms with Crippen molar-refractivity contribution in [1.82, 2.24) is 10.2 Å². The molecule has 1 aliphatic rings. The van der Waals surface area contributed by atoms with Gasteiger partial charge in [0.05, 0.1) is 6.04 Å². The molecule has 0 unspecified atom stereocenters. The SMILES string of the molecule is C=CCOC(=O)NCc1ccc([C@H]2C[C@H](SC(C)=O)CN2C(=O)OCC=C)cc1. The van der Waals surface area contributed by atoms with Gasteiger partial charge in [-0.2, -0.15) is 0 Å². The van der Waals surface area contributed by atoms with Crippen molar-refractivity contribution >= 4 is 29.1 Å². The summed E-state index contributed by atoms with van der Waals surface area (Å²) in [5.74, 6) is 0. The van der Waals surface area contributed by atoms with Gasteiger partial charge < -0.3 is 19.7 Å². The molecule has 1 aromatic carbocycles. The summed E-state index contributed by atoms with van der Waals surface area (Å²) in [5.41, 5.74) is 1.85. The monoisotopic (exact) mass is 418 g/mol. The summed E-state index contributed by atoms with van der Waals surface area (Å²) in [6.45, 7) is 9.64. The van der Waals surface area contributed by atoms with Gasteiger partial charge >= 0.3 is 12.2 Å². The fourth-order valence-corrected chi connectivity index (χ4v) is 4.05. The highest BCUT2D eigenvalue weighted by molar-refractivity contribution is 8.14. The zero-order valence-corrected chi connectivity index (χ0v) is 17.3. The molecule has 1 fully saturated rings. The third-order valence-corrected chi connectivity index (χ3v) is 5.29. The first-order valence-electron chi connectivity index (χ1n) is 9.26. The van der Waals surface area contributed by atoms with E-state index in [4.69, 9.17) is 9.47 Å². The van der Waals surface area contributed by atoms with Gasteiger partial charge in [-0.05, 0) is 17.5 Å². The summed E-state index contributed by atoms with van der Waals surface area (Å²) in [7, 11) is 0. The average Bonchev–Trinajstić information content (AvgIpc) is 3.12. The van der Waals surface area contributed by atoms with Crippen LogP contribution in [0.15, 0.2) is 49.6 Å². The lowest BCUT2D eigenvalue weighted by Gasteiger charge is -2.24. The van der Waals surface area contributed by atoms with Crippen molar-refractivity contribution < 1.29 is 23.9 Å². The first-order valence-corrected chi connectivity index (χ1v) is 10.1. The summed E-state index contributed by atoms with van der Waals surface area (Å²) >= 11 is 1.25. The van der Waals surface area contributed by atoms with E-state index in [0.29, 0.717) is 19.5 Å². The van der Waals surface area contributed by atoms with Gasteiger partial charge in [0.25, 0.3) is 0 Å². The van der Waals surface area contributed by atoms with Crippen LogP contribution in [0.25, 0.3) is 0 Å². The average molecular weight is 419 g/mol. The third kappa shape index (κ3) is 6.98.